The van der Waals surface area contributed by atoms with E-state index in [9.17, 15) is 8.42 Å². The lowest BCUT2D eigenvalue weighted by Gasteiger charge is -2.21. The Morgan fingerprint density at radius 2 is 1.79 bits per heavy atom. The molecular weight excluding hydrogens is 378 g/mol. The van der Waals surface area contributed by atoms with E-state index < -0.39 is 16.3 Å². The van der Waals surface area contributed by atoms with E-state index in [1.54, 1.807) is 18.3 Å². The number of hydrogen-bond donors (Lipinski definition) is 1. The summed E-state index contributed by atoms with van der Waals surface area (Å²) < 4.78 is 34.7. The lowest BCUT2D eigenvalue weighted by Crippen LogP contribution is -2.35. The Morgan fingerprint density at radius 1 is 1.07 bits per heavy atom. The van der Waals surface area contributed by atoms with Crippen LogP contribution in [-0.2, 0) is 10.3 Å². The van der Waals surface area contributed by atoms with Crippen molar-refractivity contribution in [1.82, 2.24) is 10.1 Å². The fourth-order valence-corrected chi connectivity index (χ4v) is 3.86. The normalized spacial score (nSPS) is 16.7. The maximum atomic E-state index is 12.0. The highest BCUT2D eigenvalue weighted by molar-refractivity contribution is 7.74. The zero-order valence-corrected chi connectivity index (χ0v) is 16.0. The second kappa shape index (κ2) is 7.06. The van der Waals surface area contributed by atoms with Gasteiger partial charge in [0.15, 0.2) is 5.76 Å². The molecule has 142 valence electrons. The van der Waals surface area contributed by atoms with Gasteiger partial charge in [-0.2, -0.15) is 8.42 Å². The van der Waals surface area contributed by atoms with Crippen molar-refractivity contribution in [2.45, 2.75) is 19.9 Å². The number of aromatic nitrogens is 2. The molecule has 3 aromatic rings. The van der Waals surface area contributed by atoms with E-state index in [1.807, 2.05) is 38.1 Å². The largest absolute Gasteiger partial charge is 0.445 e. The Hall–Kier alpha value is -3.23. The van der Waals surface area contributed by atoms with Crippen molar-refractivity contribution < 1.29 is 17.4 Å². The van der Waals surface area contributed by atoms with E-state index in [2.05, 4.69) is 10.1 Å². The van der Waals surface area contributed by atoms with Crippen molar-refractivity contribution in [1.29, 1.82) is 0 Å². The molecule has 7 nitrogen and oxygen atoms in total. The molecule has 4 rings (SSSR count). The highest BCUT2D eigenvalue weighted by atomic mass is 32.2. The number of nitrogens with two attached hydrogens (primary N) is 1. The monoisotopic (exact) mass is 395 g/mol. The van der Waals surface area contributed by atoms with Crippen LogP contribution in [0.1, 0.15) is 22.6 Å². The number of allylic oxidation sites excluding steroid dienone is 2. The number of aryl methyl sites for hydroxylation is 1. The number of nitrogens with zero attached hydrogens (tertiary/aromatic N) is 2. The second-order valence-electron chi connectivity index (χ2n) is 6.42. The lowest BCUT2D eigenvalue weighted by molar-refractivity contribution is 0.404. The third-order valence-corrected chi connectivity index (χ3v) is 5.62. The van der Waals surface area contributed by atoms with E-state index in [0.29, 0.717) is 22.8 Å². The predicted octanol–water partition coefficient (Wildman–Crippen LogP) is 2.81. The molecule has 0 fully saturated rings. The minimum absolute atomic E-state index is 0.106. The fourth-order valence-electron chi connectivity index (χ4n) is 3.16. The van der Waals surface area contributed by atoms with Crippen LogP contribution in [0, 0.1) is 13.8 Å². The van der Waals surface area contributed by atoms with E-state index in [0.717, 1.165) is 22.4 Å². The van der Waals surface area contributed by atoms with E-state index in [4.69, 9.17) is 14.7 Å². The molecule has 0 amide bonds. The van der Waals surface area contributed by atoms with Gasteiger partial charge in [-0.3, -0.25) is 0 Å². The molecule has 0 radical (unpaired) electrons. The van der Waals surface area contributed by atoms with Gasteiger partial charge in [-0.15, -0.1) is 0 Å². The molecule has 0 saturated heterocycles. The number of benzene rings is 1. The van der Waals surface area contributed by atoms with Crippen LogP contribution in [0.4, 0.5) is 0 Å². The third kappa shape index (κ3) is 3.02. The summed E-state index contributed by atoms with van der Waals surface area (Å²) in [5.41, 5.74) is 10.5. The van der Waals surface area contributed by atoms with Gasteiger partial charge in [0.25, 0.3) is 0 Å². The SMILES string of the molecule is Cc1noc(C2=CC=C(c3ccc(-c4ncco4)cc3)C(=S(=O)=O)C2N)c1C. The number of oxazole rings is 1. The zero-order valence-electron chi connectivity index (χ0n) is 15.2. The van der Waals surface area contributed by atoms with Gasteiger partial charge < -0.3 is 14.7 Å². The maximum Gasteiger partial charge on any atom is 0.225 e. The van der Waals surface area contributed by atoms with Gasteiger partial charge in [0.05, 0.1) is 17.9 Å². The van der Waals surface area contributed by atoms with Crippen molar-refractivity contribution in [3.8, 4) is 11.5 Å². The van der Waals surface area contributed by atoms with Crippen LogP contribution in [0.25, 0.3) is 22.6 Å². The molecule has 0 spiro atoms. The van der Waals surface area contributed by atoms with Gasteiger partial charge in [-0.05, 0) is 31.5 Å². The summed E-state index contributed by atoms with van der Waals surface area (Å²) >= 11 is 0. The predicted molar refractivity (Wildman–Crippen MR) is 106 cm³/mol. The molecule has 2 aromatic heterocycles. The van der Waals surface area contributed by atoms with E-state index in [1.165, 1.54) is 6.26 Å². The summed E-state index contributed by atoms with van der Waals surface area (Å²) in [6.07, 6.45) is 6.59. The molecule has 0 saturated carbocycles. The highest BCUT2D eigenvalue weighted by Crippen LogP contribution is 2.32. The summed E-state index contributed by atoms with van der Waals surface area (Å²) in [4.78, 5) is 4.21. The minimum atomic E-state index is -2.50. The van der Waals surface area contributed by atoms with Gasteiger partial charge in [-0.1, -0.05) is 29.4 Å². The quantitative estimate of drug-likeness (QED) is 0.679. The fraction of sp³-hybridized carbons (Fsp3) is 0.150. The van der Waals surface area contributed by atoms with Crippen LogP contribution in [-0.4, -0.2) is 29.5 Å². The van der Waals surface area contributed by atoms with E-state index in [-0.39, 0.29) is 4.86 Å². The molecule has 1 aliphatic rings. The number of hydrogen-bond acceptors (Lipinski definition) is 7. The molecule has 1 atom stereocenters. The van der Waals surface area contributed by atoms with Crippen LogP contribution in [0.15, 0.2) is 57.8 Å². The molecule has 1 aliphatic carbocycles. The third-order valence-electron chi connectivity index (χ3n) is 4.79. The first-order valence-electron chi connectivity index (χ1n) is 8.55. The average Bonchev–Trinajstić information content (AvgIpc) is 3.33. The summed E-state index contributed by atoms with van der Waals surface area (Å²) in [7, 11) is -2.50. The molecule has 2 N–H and O–H groups in total. The first-order chi connectivity index (χ1) is 13.5. The minimum Gasteiger partial charge on any atom is -0.445 e. The Morgan fingerprint density at radius 3 is 2.36 bits per heavy atom. The van der Waals surface area contributed by atoms with Gasteiger partial charge in [0.2, 0.25) is 16.2 Å². The molecule has 0 aliphatic heterocycles. The van der Waals surface area contributed by atoms with Crippen molar-refractivity contribution >= 4 is 26.3 Å². The van der Waals surface area contributed by atoms with Crippen molar-refractivity contribution in [2.75, 3.05) is 0 Å². The molecular formula is C20H17N3O4S. The molecule has 1 aromatic carbocycles. The molecule has 28 heavy (non-hydrogen) atoms. The van der Waals surface area contributed by atoms with Gasteiger partial charge >= 0.3 is 0 Å². The van der Waals surface area contributed by atoms with Gasteiger partial charge in [-0.25, -0.2) is 4.98 Å². The maximum absolute atomic E-state index is 12.0. The van der Waals surface area contributed by atoms with Crippen LogP contribution in [0.3, 0.4) is 0 Å². The summed E-state index contributed by atoms with van der Waals surface area (Å²) in [6, 6.07) is 6.42. The second-order valence-corrected chi connectivity index (χ2v) is 7.32. The summed E-state index contributed by atoms with van der Waals surface area (Å²) in [5.74, 6) is 0.998. The molecule has 8 heteroatoms. The van der Waals surface area contributed by atoms with Crippen molar-refractivity contribution in [3.05, 3.63) is 71.5 Å². The smallest absolute Gasteiger partial charge is 0.225 e. The molecule has 1 unspecified atom stereocenters. The first kappa shape index (κ1) is 18.1. The van der Waals surface area contributed by atoms with Crippen molar-refractivity contribution in [2.24, 2.45) is 5.73 Å². The first-order valence-corrected chi connectivity index (χ1v) is 9.62. The Labute approximate surface area is 162 Å². The number of rotatable bonds is 3. The highest BCUT2D eigenvalue weighted by Gasteiger charge is 2.29. The lowest BCUT2D eigenvalue weighted by atomic mass is 9.87. The summed E-state index contributed by atoms with van der Waals surface area (Å²) in [5, 5.41) is 3.94. The average molecular weight is 395 g/mol. The summed E-state index contributed by atoms with van der Waals surface area (Å²) in [6.45, 7) is 3.69. The van der Waals surface area contributed by atoms with Gasteiger partial charge in [0, 0.05) is 22.3 Å². The van der Waals surface area contributed by atoms with Crippen LogP contribution in [0.2, 0.25) is 0 Å². The Balaban J connectivity index is 1.80. The Kier molecular flexibility index (Phi) is 4.58. The van der Waals surface area contributed by atoms with Crippen LogP contribution >= 0.6 is 0 Å². The Bertz CT molecular complexity index is 1220. The van der Waals surface area contributed by atoms with Crippen molar-refractivity contribution in [3.63, 3.8) is 0 Å². The standard InChI is InChI=1S/C20H17N3O4S/c1-11-12(2)23-27-18(11)16-8-7-15(19(17(16)21)28(24)25)13-3-5-14(6-4-13)20-22-9-10-26-20/h3-10,17H,21H2,1-2H3. The van der Waals surface area contributed by atoms with Crippen LogP contribution in [0.5, 0.6) is 0 Å². The van der Waals surface area contributed by atoms with Crippen LogP contribution < -0.4 is 5.73 Å². The zero-order chi connectivity index (χ0) is 19.8. The van der Waals surface area contributed by atoms with E-state index >= 15 is 0 Å². The van der Waals surface area contributed by atoms with Gasteiger partial charge in [0.1, 0.15) is 11.1 Å². The molecule has 2 heterocycles. The topological polar surface area (TPSA) is 112 Å². The molecule has 0 bridgehead atoms.